The first-order chi connectivity index (χ1) is 11.9. The third kappa shape index (κ3) is 3.48. The quantitative estimate of drug-likeness (QED) is 0.906. The Kier molecular flexibility index (Phi) is 4.70. The van der Waals surface area contributed by atoms with Crippen molar-refractivity contribution in [3.63, 3.8) is 0 Å². The Balaban J connectivity index is 1.87. The first kappa shape index (κ1) is 17.3. The van der Waals surface area contributed by atoms with Crippen molar-refractivity contribution in [1.82, 2.24) is 9.47 Å². The van der Waals surface area contributed by atoms with Gasteiger partial charge < -0.3 is 19.2 Å². The molecule has 0 aliphatic carbocycles. The maximum absolute atomic E-state index is 12.9. The number of carbonyl (C=O) groups excluding carboxylic acids is 1. The van der Waals surface area contributed by atoms with Crippen LogP contribution in [-0.4, -0.2) is 22.0 Å². The molecule has 6 heteroatoms. The van der Waals surface area contributed by atoms with Crippen LogP contribution in [0.3, 0.4) is 0 Å². The summed E-state index contributed by atoms with van der Waals surface area (Å²) in [7, 11) is 1.68. The number of pyridine rings is 1. The summed E-state index contributed by atoms with van der Waals surface area (Å²) in [5, 5.41) is 2.82. The van der Waals surface area contributed by atoms with Gasteiger partial charge in [0.2, 0.25) is 0 Å². The highest BCUT2D eigenvalue weighted by molar-refractivity contribution is 5.90. The predicted octanol–water partition coefficient (Wildman–Crippen LogP) is 3.60. The lowest BCUT2D eigenvalue weighted by Crippen LogP contribution is -2.43. The van der Waals surface area contributed by atoms with Crippen molar-refractivity contribution in [2.75, 3.05) is 11.9 Å². The highest BCUT2D eigenvalue weighted by Crippen LogP contribution is 2.35. The molecule has 0 saturated carbocycles. The van der Waals surface area contributed by atoms with Crippen LogP contribution < -0.4 is 10.9 Å². The van der Waals surface area contributed by atoms with E-state index in [9.17, 15) is 9.59 Å². The summed E-state index contributed by atoms with van der Waals surface area (Å²) in [6.07, 6.45) is 3.49. The van der Waals surface area contributed by atoms with Gasteiger partial charge in [0.1, 0.15) is 17.2 Å². The standard InChI is InChI=1S/C19H25N3O3/c1-12-7-10-22(15(11-12)16-6-5-14(3)25-16)19(24)20-17-13(2)8-9-21(4)18(17)23/h5-6,8-9,12,15H,7,10-11H2,1-4H3,(H,20,24)/t12-,15+/m1/s1. The fourth-order valence-electron chi connectivity index (χ4n) is 3.34. The molecule has 0 radical (unpaired) electrons. The molecular formula is C19H25N3O3. The summed E-state index contributed by atoms with van der Waals surface area (Å²) >= 11 is 0. The number of piperidine rings is 1. The molecule has 1 N–H and O–H groups in total. The van der Waals surface area contributed by atoms with E-state index in [2.05, 4.69) is 12.2 Å². The second-order valence-electron chi connectivity index (χ2n) is 7.01. The number of hydrogen-bond donors (Lipinski definition) is 1. The number of likely N-dealkylation sites (tertiary alicyclic amines) is 1. The SMILES string of the molecule is Cc1ccc([C@@H]2C[C@H](C)CCN2C(=O)Nc2c(C)ccn(C)c2=O)o1. The van der Waals surface area contributed by atoms with Gasteiger partial charge in [0, 0.05) is 19.8 Å². The summed E-state index contributed by atoms with van der Waals surface area (Å²) in [4.78, 5) is 27.0. The van der Waals surface area contributed by atoms with Crippen molar-refractivity contribution in [2.24, 2.45) is 13.0 Å². The topological polar surface area (TPSA) is 67.5 Å². The zero-order valence-corrected chi connectivity index (χ0v) is 15.2. The van der Waals surface area contributed by atoms with Gasteiger partial charge in [-0.15, -0.1) is 0 Å². The lowest BCUT2D eigenvalue weighted by molar-refractivity contribution is 0.128. The molecule has 1 aliphatic heterocycles. The molecule has 0 spiro atoms. The van der Waals surface area contributed by atoms with Crippen LogP contribution in [0.25, 0.3) is 0 Å². The first-order valence-electron chi connectivity index (χ1n) is 8.67. The third-order valence-corrected chi connectivity index (χ3v) is 4.92. The van der Waals surface area contributed by atoms with Crippen LogP contribution in [0.1, 0.15) is 42.9 Å². The molecule has 3 rings (SSSR count). The lowest BCUT2D eigenvalue weighted by atomic mass is 9.91. The van der Waals surface area contributed by atoms with Gasteiger partial charge in [-0.3, -0.25) is 4.79 Å². The number of furan rings is 1. The number of carbonyl (C=O) groups is 1. The molecule has 0 bridgehead atoms. The molecule has 3 heterocycles. The van der Waals surface area contributed by atoms with Crippen LogP contribution in [0.2, 0.25) is 0 Å². The molecule has 2 atom stereocenters. The maximum Gasteiger partial charge on any atom is 0.322 e. The average Bonchev–Trinajstić information content (AvgIpc) is 3.01. The number of anilines is 1. The van der Waals surface area contributed by atoms with Crippen molar-refractivity contribution in [2.45, 2.75) is 39.7 Å². The van der Waals surface area contributed by atoms with E-state index in [4.69, 9.17) is 4.42 Å². The van der Waals surface area contributed by atoms with Gasteiger partial charge in [0.25, 0.3) is 5.56 Å². The molecule has 6 nitrogen and oxygen atoms in total. The predicted molar refractivity (Wildman–Crippen MR) is 96.7 cm³/mol. The third-order valence-electron chi connectivity index (χ3n) is 4.92. The molecule has 2 aromatic heterocycles. The Hall–Kier alpha value is -2.50. The first-order valence-corrected chi connectivity index (χ1v) is 8.67. The maximum atomic E-state index is 12.9. The van der Waals surface area contributed by atoms with E-state index >= 15 is 0 Å². The number of rotatable bonds is 2. The summed E-state index contributed by atoms with van der Waals surface area (Å²) < 4.78 is 7.25. The van der Waals surface area contributed by atoms with E-state index < -0.39 is 0 Å². The molecule has 134 valence electrons. The minimum absolute atomic E-state index is 0.106. The molecule has 1 saturated heterocycles. The minimum atomic E-state index is -0.252. The van der Waals surface area contributed by atoms with Gasteiger partial charge >= 0.3 is 6.03 Å². The van der Waals surface area contributed by atoms with Crippen LogP contribution in [0.4, 0.5) is 10.5 Å². The van der Waals surface area contributed by atoms with Crippen LogP contribution >= 0.6 is 0 Å². The van der Waals surface area contributed by atoms with Crippen LogP contribution in [0, 0.1) is 19.8 Å². The second kappa shape index (κ2) is 6.78. The number of hydrogen-bond acceptors (Lipinski definition) is 3. The van der Waals surface area contributed by atoms with Gasteiger partial charge in [0.15, 0.2) is 0 Å². The number of nitrogens with zero attached hydrogens (tertiary/aromatic N) is 2. The highest BCUT2D eigenvalue weighted by Gasteiger charge is 2.33. The molecule has 1 aliphatic rings. The summed E-state index contributed by atoms with van der Waals surface area (Å²) in [6, 6.07) is 5.32. The molecule has 0 aromatic carbocycles. The van der Waals surface area contributed by atoms with E-state index in [0.717, 1.165) is 29.9 Å². The zero-order valence-electron chi connectivity index (χ0n) is 15.2. The van der Waals surface area contributed by atoms with Gasteiger partial charge in [-0.2, -0.15) is 0 Å². The van der Waals surface area contributed by atoms with E-state index in [-0.39, 0.29) is 17.6 Å². The summed E-state index contributed by atoms with van der Waals surface area (Å²) in [5.74, 6) is 2.16. The zero-order chi connectivity index (χ0) is 18.1. The Morgan fingerprint density at radius 2 is 2.04 bits per heavy atom. The van der Waals surface area contributed by atoms with E-state index in [0.29, 0.717) is 18.2 Å². The van der Waals surface area contributed by atoms with E-state index in [1.54, 1.807) is 18.1 Å². The second-order valence-corrected chi connectivity index (χ2v) is 7.01. The number of nitrogens with one attached hydrogen (secondary N) is 1. The average molecular weight is 343 g/mol. The van der Waals surface area contributed by atoms with Crippen molar-refractivity contribution >= 4 is 11.7 Å². The van der Waals surface area contributed by atoms with Crippen molar-refractivity contribution in [1.29, 1.82) is 0 Å². The Labute approximate surface area is 147 Å². The van der Waals surface area contributed by atoms with Crippen molar-refractivity contribution < 1.29 is 9.21 Å². The Bertz CT molecular complexity index is 837. The molecular weight excluding hydrogens is 318 g/mol. The molecule has 2 aromatic rings. The fourth-order valence-corrected chi connectivity index (χ4v) is 3.34. The summed E-state index contributed by atoms with van der Waals surface area (Å²) in [5.41, 5.74) is 0.888. The van der Waals surface area contributed by atoms with Crippen LogP contribution in [-0.2, 0) is 7.05 Å². The van der Waals surface area contributed by atoms with Crippen LogP contribution in [0.5, 0.6) is 0 Å². The summed E-state index contributed by atoms with van der Waals surface area (Å²) in [6.45, 7) is 6.55. The molecule has 2 amide bonds. The fraction of sp³-hybridized carbons (Fsp3) is 0.474. The van der Waals surface area contributed by atoms with Crippen LogP contribution in [0.15, 0.2) is 33.6 Å². The minimum Gasteiger partial charge on any atom is -0.464 e. The number of aromatic nitrogens is 1. The van der Waals surface area contributed by atoms with Gasteiger partial charge in [-0.25, -0.2) is 4.79 Å². The van der Waals surface area contributed by atoms with Gasteiger partial charge in [-0.05, 0) is 56.4 Å². The Morgan fingerprint density at radius 1 is 1.28 bits per heavy atom. The Morgan fingerprint density at radius 3 is 2.72 bits per heavy atom. The number of amides is 2. The normalized spacial score (nSPS) is 20.6. The van der Waals surface area contributed by atoms with Gasteiger partial charge in [0.05, 0.1) is 6.04 Å². The lowest BCUT2D eigenvalue weighted by Gasteiger charge is -2.37. The smallest absolute Gasteiger partial charge is 0.322 e. The van der Waals surface area contributed by atoms with Gasteiger partial charge in [-0.1, -0.05) is 6.92 Å². The molecule has 0 unspecified atom stereocenters. The molecule has 25 heavy (non-hydrogen) atoms. The highest BCUT2D eigenvalue weighted by atomic mass is 16.3. The number of urea groups is 1. The molecule has 1 fully saturated rings. The van der Waals surface area contributed by atoms with E-state index in [1.807, 2.05) is 32.0 Å². The van der Waals surface area contributed by atoms with E-state index in [1.165, 1.54) is 4.57 Å². The largest absolute Gasteiger partial charge is 0.464 e. The van der Waals surface area contributed by atoms with Crippen molar-refractivity contribution in [3.8, 4) is 0 Å². The van der Waals surface area contributed by atoms with Crippen molar-refractivity contribution in [3.05, 3.63) is 51.8 Å². The number of aryl methyl sites for hydroxylation is 3. The monoisotopic (exact) mass is 343 g/mol.